The van der Waals surface area contributed by atoms with Crippen molar-refractivity contribution in [2.24, 2.45) is 0 Å². The van der Waals surface area contributed by atoms with E-state index in [0.29, 0.717) is 11.1 Å². The summed E-state index contributed by atoms with van der Waals surface area (Å²) in [4.78, 5) is 11.9. The van der Waals surface area contributed by atoms with Gasteiger partial charge in [-0.15, -0.1) is 0 Å². The fourth-order valence-electron chi connectivity index (χ4n) is 1.75. The summed E-state index contributed by atoms with van der Waals surface area (Å²) in [5.41, 5.74) is 1.06. The van der Waals surface area contributed by atoms with E-state index in [9.17, 15) is 9.90 Å². The minimum absolute atomic E-state index is 0.123. The summed E-state index contributed by atoms with van der Waals surface area (Å²) in [6, 6.07) is 12.6. The lowest BCUT2D eigenvalue weighted by molar-refractivity contribution is 0.0887. The maximum atomic E-state index is 11.9. The number of hydrogen-bond donors (Lipinski definition) is 2. The number of rotatable bonds is 5. The van der Waals surface area contributed by atoms with Crippen LogP contribution in [0.25, 0.3) is 0 Å². The third-order valence-electron chi connectivity index (χ3n) is 2.68. The van der Waals surface area contributed by atoms with E-state index in [1.165, 1.54) is 0 Å². The molecule has 1 amide bonds. The lowest BCUT2D eigenvalue weighted by Crippen LogP contribution is -2.38. The molecule has 100 valence electrons. The molecule has 0 fully saturated rings. The average Bonchev–Trinajstić information content (AvgIpc) is 2.86. The number of carbonyl (C=O) groups is 1. The first-order chi connectivity index (χ1) is 9.19. The predicted octanol–water partition coefficient (Wildman–Crippen LogP) is 2.38. The third kappa shape index (κ3) is 3.94. The normalized spacial score (nSPS) is 12.1. The minimum atomic E-state index is -0.334. The van der Waals surface area contributed by atoms with Gasteiger partial charge in [0.15, 0.2) is 10.4 Å². The number of aliphatic hydroxyl groups excluding tert-OH is 1. The fraction of sp³-hybridized carbons (Fsp3) is 0.214. The molecule has 0 radical (unpaired) electrons. The second-order valence-electron chi connectivity index (χ2n) is 4.15. The lowest BCUT2D eigenvalue weighted by atomic mass is 10.1. The zero-order chi connectivity index (χ0) is 13.7. The first-order valence-electron chi connectivity index (χ1n) is 5.90. The Morgan fingerprint density at radius 2 is 2.00 bits per heavy atom. The summed E-state index contributed by atoms with van der Waals surface area (Å²) >= 11 is 3.14. The van der Waals surface area contributed by atoms with E-state index >= 15 is 0 Å². The van der Waals surface area contributed by atoms with E-state index in [-0.39, 0.29) is 24.3 Å². The summed E-state index contributed by atoms with van der Waals surface area (Å²) in [5, 5.41) is 12.1. The van der Waals surface area contributed by atoms with Crippen LogP contribution in [0, 0.1) is 0 Å². The van der Waals surface area contributed by atoms with Gasteiger partial charge in [-0.1, -0.05) is 30.3 Å². The van der Waals surface area contributed by atoms with Crippen LogP contribution in [0.4, 0.5) is 0 Å². The zero-order valence-corrected chi connectivity index (χ0v) is 11.8. The van der Waals surface area contributed by atoms with Crippen LogP contribution >= 0.6 is 15.9 Å². The van der Waals surface area contributed by atoms with Gasteiger partial charge in [0.05, 0.1) is 12.6 Å². The number of carbonyl (C=O) groups excluding carboxylic acids is 1. The van der Waals surface area contributed by atoms with Crippen LogP contribution in [0.3, 0.4) is 0 Å². The van der Waals surface area contributed by atoms with Crippen molar-refractivity contribution in [3.63, 3.8) is 0 Å². The standard InChI is InChI=1S/C14H14BrNO3/c15-13-7-6-12(19-13)14(18)16-11(9-17)8-10-4-2-1-3-5-10/h1-7,11,17H,8-9H2,(H,16,18)/t11-/m1/s1. The van der Waals surface area contributed by atoms with Crippen molar-refractivity contribution in [1.29, 1.82) is 0 Å². The molecule has 2 rings (SSSR count). The van der Waals surface area contributed by atoms with Crippen molar-refractivity contribution in [3.05, 3.63) is 58.5 Å². The Morgan fingerprint density at radius 3 is 2.58 bits per heavy atom. The monoisotopic (exact) mass is 323 g/mol. The Morgan fingerprint density at radius 1 is 1.26 bits per heavy atom. The highest BCUT2D eigenvalue weighted by Crippen LogP contribution is 2.14. The van der Waals surface area contributed by atoms with Crippen LogP contribution in [0.1, 0.15) is 16.1 Å². The molecule has 5 heteroatoms. The van der Waals surface area contributed by atoms with Gasteiger partial charge in [-0.05, 0) is 40.0 Å². The molecule has 2 aromatic rings. The molecular weight excluding hydrogens is 310 g/mol. The number of hydrogen-bond acceptors (Lipinski definition) is 3. The number of furan rings is 1. The SMILES string of the molecule is O=C(N[C@@H](CO)Cc1ccccc1)c1ccc(Br)o1. The second-order valence-corrected chi connectivity index (χ2v) is 4.93. The molecule has 1 aromatic heterocycles. The van der Waals surface area contributed by atoms with E-state index in [1.807, 2.05) is 30.3 Å². The Bertz CT molecular complexity index is 539. The van der Waals surface area contributed by atoms with Gasteiger partial charge in [-0.25, -0.2) is 0 Å². The van der Waals surface area contributed by atoms with Crippen LogP contribution < -0.4 is 5.32 Å². The highest BCUT2D eigenvalue weighted by atomic mass is 79.9. The lowest BCUT2D eigenvalue weighted by Gasteiger charge is -2.15. The summed E-state index contributed by atoms with van der Waals surface area (Å²) in [5.74, 6) is -0.112. The van der Waals surface area contributed by atoms with Crippen molar-refractivity contribution < 1.29 is 14.3 Å². The van der Waals surface area contributed by atoms with Crippen molar-refractivity contribution in [2.75, 3.05) is 6.61 Å². The largest absolute Gasteiger partial charge is 0.444 e. The van der Waals surface area contributed by atoms with Gasteiger partial charge in [-0.3, -0.25) is 4.79 Å². The number of aliphatic hydroxyl groups is 1. The van der Waals surface area contributed by atoms with E-state index in [2.05, 4.69) is 21.2 Å². The summed E-state index contributed by atoms with van der Waals surface area (Å²) in [6.45, 7) is -0.123. The van der Waals surface area contributed by atoms with Crippen molar-refractivity contribution in [1.82, 2.24) is 5.32 Å². The molecule has 1 atom stereocenters. The number of benzene rings is 1. The maximum absolute atomic E-state index is 11.9. The summed E-state index contributed by atoms with van der Waals surface area (Å²) in [7, 11) is 0. The minimum Gasteiger partial charge on any atom is -0.444 e. The van der Waals surface area contributed by atoms with Gasteiger partial charge < -0.3 is 14.8 Å². The molecule has 0 aliphatic rings. The number of amides is 1. The molecule has 2 N–H and O–H groups in total. The molecular formula is C14H14BrNO3. The molecule has 1 heterocycles. The first kappa shape index (κ1) is 13.8. The Labute approximate surface area is 119 Å². The molecule has 0 aliphatic heterocycles. The second kappa shape index (κ2) is 6.54. The van der Waals surface area contributed by atoms with Gasteiger partial charge in [0, 0.05) is 0 Å². The first-order valence-corrected chi connectivity index (χ1v) is 6.69. The van der Waals surface area contributed by atoms with Crippen molar-refractivity contribution >= 4 is 21.8 Å². The molecule has 4 nitrogen and oxygen atoms in total. The van der Waals surface area contributed by atoms with Crippen LogP contribution in [0.15, 0.2) is 51.6 Å². The Hall–Kier alpha value is -1.59. The topological polar surface area (TPSA) is 62.5 Å². The third-order valence-corrected chi connectivity index (χ3v) is 3.10. The summed E-state index contributed by atoms with van der Waals surface area (Å²) < 4.78 is 5.67. The molecule has 0 aliphatic carbocycles. The van der Waals surface area contributed by atoms with E-state index < -0.39 is 0 Å². The van der Waals surface area contributed by atoms with Gasteiger partial charge >= 0.3 is 0 Å². The summed E-state index contributed by atoms with van der Waals surface area (Å²) in [6.07, 6.45) is 0.574. The van der Waals surface area contributed by atoms with Crippen molar-refractivity contribution in [2.45, 2.75) is 12.5 Å². The van der Waals surface area contributed by atoms with E-state index in [1.54, 1.807) is 12.1 Å². The van der Waals surface area contributed by atoms with Crippen LogP contribution in [-0.2, 0) is 6.42 Å². The molecule has 0 saturated heterocycles. The van der Waals surface area contributed by atoms with Crippen LogP contribution in [0.2, 0.25) is 0 Å². The van der Waals surface area contributed by atoms with E-state index in [4.69, 9.17) is 4.42 Å². The molecule has 0 bridgehead atoms. The molecule has 19 heavy (non-hydrogen) atoms. The van der Waals surface area contributed by atoms with Crippen LogP contribution in [-0.4, -0.2) is 23.7 Å². The maximum Gasteiger partial charge on any atom is 0.287 e. The van der Waals surface area contributed by atoms with Gasteiger partial charge in [0.2, 0.25) is 0 Å². The number of nitrogens with one attached hydrogen (secondary N) is 1. The smallest absolute Gasteiger partial charge is 0.287 e. The highest BCUT2D eigenvalue weighted by Gasteiger charge is 2.16. The van der Waals surface area contributed by atoms with E-state index in [0.717, 1.165) is 5.56 Å². The average molecular weight is 324 g/mol. The Balaban J connectivity index is 1.97. The molecule has 0 unspecified atom stereocenters. The van der Waals surface area contributed by atoms with Gasteiger partial charge in [0.25, 0.3) is 5.91 Å². The predicted molar refractivity (Wildman–Crippen MR) is 74.9 cm³/mol. The van der Waals surface area contributed by atoms with Crippen LogP contribution in [0.5, 0.6) is 0 Å². The zero-order valence-electron chi connectivity index (χ0n) is 10.2. The van der Waals surface area contributed by atoms with Gasteiger partial charge in [0.1, 0.15) is 0 Å². The fourth-order valence-corrected chi connectivity index (χ4v) is 2.06. The quantitative estimate of drug-likeness (QED) is 0.888. The molecule has 0 spiro atoms. The molecule has 1 aromatic carbocycles. The molecule has 0 saturated carbocycles. The van der Waals surface area contributed by atoms with Crippen molar-refractivity contribution in [3.8, 4) is 0 Å². The highest BCUT2D eigenvalue weighted by molar-refractivity contribution is 9.10. The van der Waals surface area contributed by atoms with Gasteiger partial charge in [-0.2, -0.15) is 0 Å². The number of halogens is 1. The Kier molecular flexibility index (Phi) is 4.76.